The molecule has 2 saturated heterocycles. The van der Waals surface area contributed by atoms with E-state index < -0.39 is 0 Å². The average molecular weight is 206 g/mol. The number of benzene rings is 1. The smallest absolute Gasteiger partial charge is 0.0385 e. The highest BCUT2D eigenvalue weighted by Crippen LogP contribution is 2.40. The van der Waals surface area contributed by atoms with Crippen LogP contribution in [-0.4, -0.2) is 36.2 Å². The summed E-state index contributed by atoms with van der Waals surface area (Å²) in [5, 5.41) is 0.917. The zero-order valence-electron chi connectivity index (χ0n) is 8.69. The summed E-state index contributed by atoms with van der Waals surface area (Å²) in [5.74, 6) is 0. The van der Waals surface area contributed by atoms with Crippen LogP contribution in [0.2, 0.25) is 0 Å². The molecule has 1 aromatic carbocycles. The summed E-state index contributed by atoms with van der Waals surface area (Å²) in [7, 11) is 0. The van der Waals surface area contributed by atoms with E-state index in [-0.39, 0.29) is 0 Å². The van der Waals surface area contributed by atoms with Crippen molar-refractivity contribution >= 4 is 0 Å². The van der Waals surface area contributed by atoms with Crippen molar-refractivity contribution in [2.75, 3.05) is 26.2 Å². The highest BCUT2D eigenvalue weighted by Gasteiger charge is 2.51. The van der Waals surface area contributed by atoms with Gasteiger partial charge in [0.2, 0.25) is 0 Å². The van der Waals surface area contributed by atoms with Gasteiger partial charge in [-0.2, -0.15) is 0 Å². The number of likely N-dealkylation sites (tertiary alicyclic amines) is 1. The van der Waals surface area contributed by atoms with Crippen LogP contribution in [0.3, 0.4) is 0 Å². The molecule has 0 N–H and O–H groups in total. The van der Waals surface area contributed by atoms with E-state index >= 15 is 0 Å². The predicted molar refractivity (Wildman–Crippen MR) is 56.8 cm³/mol. The van der Waals surface area contributed by atoms with Gasteiger partial charge < -0.3 is 0 Å². The molecular weight excluding hydrogens is 191 g/mol. The van der Waals surface area contributed by atoms with E-state index in [9.17, 15) is 4.48 Å². The van der Waals surface area contributed by atoms with Crippen LogP contribution < -0.4 is 0 Å². The summed E-state index contributed by atoms with van der Waals surface area (Å²) in [5.41, 5.74) is 1.65. The average Bonchev–Trinajstić information content (AvgIpc) is 2.14. The van der Waals surface area contributed by atoms with E-state index in [0.29, 0.717) is 18.5 Å². The Labute approximate surface area is 89.2 Å². The Morgan fingerprint density at radius 3 is 2.33 bits per heavy atom. The van der Waals surface area contributed by atoms with Crippen LogP contribution in [-0.2, 0) is 6.54 Å². The molecule has 2 aliphatic heterocycles. The zero-order valence-corrected chi connectivity index (χ0v) is 8.69. The second kappa shape index (κ2) is 3.29. The molecule has 0 saturated carbocycles. The van der Waals surface area contributed by atoms with Gasteiger partial charge in [-0.05, 0) is 5.56 Å². The molecule has 1 aromatic rings. The SMILES string of the molecule is FN1CC2(C1)CN(Cc1ccccc1)C2. The summed E-state index contributed by atoms with van der Waals surface area (Å²) >= 11 is 0. The molecule has 0 aliphatic carbocycles. The molecule has 3 rings (SSSR count). The van der Waals surface area contributed by atoms with Crippen molar-refractivity contribution in [1.29, 1.82) is 0 Å². The molecule has 0 aromatic heterocycles. The van der Waals surface area contributed by atoms with Gasteiger partial charge in [0, 0.05) is 38.1 Å². The second-order valence-corrected chi connectivity index (χ2v) is 4.91. The first-order chi connectivity index (χ1) is 7.26. The van der Waals surface area contributed by atoms with Gasteiger partial charge in [0.1, 0.15) is 0 Å². The van der Waals surface area contributed by atoms with Gasteiger partial charge in [-0.3, -0.25) is 4.90 Å². The van der Waals surface area contributed by atoms with Gasteiger partial charge in [0.15, 0.2) is 0 Å². The quantitative estimate of drug-likeness (QED) is 0.679. The third-order valence-corrected chi connectivity index (χ3v) is 3.38. The third kappa shape index (κ3) is 1.66. The molecular formula is C12H15FN2. The molecule has 3 heteroatoms. The van der Waals surface area contributed by atoms with Crippen LogP contribution in [0.5, 0.6) is 0 Å². The van der Waals surface area contributed by atoms with Crippen LogP contribution >= 0.6 is 0 Å². The highest BCUT2D eigenvalue weighted by atomic mass is 19.2. The fourth-order valence-electron chi connectivity index (χ4n) is 2.74. The molecule has 0 radical (unpaired) electrons. The molecule has 2 nitrogen and oxygen atoms in total. The molecule has 2 heterocycles. The van der Waals surface area contributed by atoms with Crippen LogP contribution in [0.1, 0.15) is 5.56 Å². The minimum Gasteiger partial charge on any atom is -0.298 e. The Hall–Kier alpha value is -0.930. The first-order valence-corrected chi connectivity index (χ1v) is 5.43. The van der Waals surface area contributed by atoms with Crippen LogP contribution in [0, 0.1) is 5.41 Å². The van der Waals surface area contributed by atoms with E-state index in [4.69, 9.17) is 0 Å². The Morgan fingerprint density at radius 2 is 1.73 bits per heavy atom. The summed E-state index contributed by atoms with van der Waals surface area (Å²) in [6.45, 7) is 4.40. The normalized spacial score (nSPS) is 24.9. The lowest BCUT2D eigenvalue weighted by atomic mass is 9.74. The number of nitrogens with zero attached hydrogens (tertiary/aromatic N) is 2. The van der Waals surface area contributed by atoms with Gasteiger partial charge in [-0.15, -0.1) is 9.60 Å². The number of rotatable bonds is 2. The molecule has 1 spiro atoms. The summed E-state index contributed by atoms with van der Waals surface area (Å²) in [6.07, 6.45) is 0. The molecule has 15 heavy (non-hydrogen) atoms. The van der Waals surface area contributed by atoms with Crippen LogP contribution in [0.4, 0.5) is 4.48 Å². The maximum Gasteiger partial charge on any atom is 0.0385 e. The summed E-state index contributed by atoms with van der Waals surface area (Å²) in [6, 6.07) is 10.5. The molecule has 0 atom stereocenters. The molecule has 2 aliphatic rings. The van der Waals surface area contributed by atoms with E-state index in [1.54, 1.807) is 0 Å². The highest BCUT2D eigenvalue weighted by molar-refractivity contribution is 5.16. The standard InChI is InChI=1S/C12H15FN2/c13-15-9-12(10-15)7-14(8-12)6-11-4-2-1-3-5-11/h1-5H,6-10H2. The van der Waals surface area contributed by atoms with E-state index in [0.717, 1.165) is 24.8 Å². The summed E-state index contributed by atoms with van der Waals surface area (Å²) < 4.78 is 12.6. The third-order valence-electron chi connectivity index (χ3n) is 3.38. The van der Waals surface area contributed by atoms with Crippen molar-refractivity contribution in [2.24, 2.45) is 5.41 Å². The first-order valence-electron chi connectivity index (χ1n) is 5.43. The van der Waals surface area contributed by atoms with E-state index in [2.05, 4.69) is 29.2 Å². The largest absolute Gasteiger partial charge is 0.298 e. The van der Waals surface area contributed by atoms with Crippen molar-refractivity contribution in [3.63, 3.8) is 0 Å². The maximum absolute atomic E-state index is 12.6. The summed E-state index contributed by atoms with van der Waals surface area (Å²) in [4.78, 5) is 2.39. The van der Waals surface area contributed by atoms with Crippen LogP contribution in [0.15, 0.2) is 30.3 Å². The Balaban J connectivity index is 1.52. The van der Waals surface area contributed by atoms with Crippen molar-refractivity contribution in [1.82, 2.24) is 10.0 Å². The Bertz CT molecular complexity index is 338. The minimum atomic E-state index is 0.295. The fraction of sp³-hybridized carbons (Fsp3) is 0.500. The predicted octanol–water partition coefficient (Wildman–Crippen LogP) is 1.69. The Morgan fingerprint density at radius 1 is 1.07 bits per heavy atom. The van der Waals surface area contributed by atoms with Crippen LogP contribution in [0.25, 0.3) is 0 Å². The van der Waals surface area contributed by atoms with Crippen molar-refractivity contribution in [3.05, 3.63) is 35.9 Å². The fourth-order valence-corrected chi connectivity index (χ4v) is 2.74. The van der Waals surface area contributed by atoms with Crippen molar-refractivity contribution in [2.45, 2.75) is 6.54 Å². The van der Waals surface area contributed by atoms with Crippen molar-refractivity contribution < 1.29 is 4.48 Å². The lowest BCUT2D eigenvalue weighted by Crippen LogP contribution is -2.69. The topological polar surface area (TPSA) is 6.48 Å². The van der Waals surface area contributed by atoms with E-state index in [1.165, 1.54) is 5.56 Å². The first kappa shape index (κ1) is 9.31. The lowest BCUT2D eigenvalue weighted by molar-refractivity contribution is -0.194. The van der Waals surface area contributed by atoms with Gasteiger partial charge in [-0.25, -0.2) is 0 Å². The van der Waals surface area contributed by atoms with Gasteiger partial charge in [-0.1, -0.05) is 30.3 Å². The van der Waals surface area contributed by atoms with Gasteiger partial charge in [0.05, 0.1) is 0 Å². The lowest BCUT2D eigenvalue weighted by Gasteiger charge is -2.57. The Kier molecular flexibility index (Phi) is 2.04. The van der Waals surface area contributed by atoms with Gasteiger partial charge in [0.25, 0.3) is 0 Å². The maximum atomic E-state index is 12.6. The molecule has 2 fully saturated rings. The van der Waals surface area contributed by atoms with E-state index in [1.807, 2.05) is 6.07 Å². The minimum absolute atomic E-state index is 0.295. The van der Waals surface area contributed by atoms with Gasteiger partial charge >= 0.3 is 0 Å². The number of hydrogen-bond donors (Lipinski definition) is 0. The number of halogens is 1. The molecule has 80 valence electrons. The number of hydrogen-bond acceptors (Lipinski definition) is 2. The van der Waals surface area contributed by atoms with Crippen molar-refractivity contribution in [3.8, 4) is 0 Å². The molecule has 0 bridgehead atoms. The second-order valence-electron chi connectivity index (χ2n) is 4.91. The monoisotopic (exact) mass is 206 g/mol. The molecule has 0 unspecified atom stereocenters. The zero-order chi connectivity index (χ0) is 10.3. The molecule has 0 amide bonds.